The quantitative estimate of drug-likeness (QED) is 0.421. The third kappa shape index (κ3) is 8.42. The monoisotopic (exact) mass is 498 g/mol. The average molecular weight is 500 g/mol. The zero-order valence-corrected chi connectivity index (χ0v) is 21.7. The lowest BCUT2D eigenvalue weighted by atomic mass is 9.99. The lowest BCUT2D eigenvalue weighted by Crippen LogP contribution is -2.29. The highest BCUT2D eigenvalue weighted by molar-refractivity contribution is 5.86. The van der Waals surface area contributed by atoms with Gasteiger partial charge in [-0.3, -0.25) is 4.90 Å². The van der Waals surface area contributed by atoms with Gasteiger partial charge in [0.1, 0.15) is 0 Å². The minimum absolute atomic E-state index is 0. The Morgan fingerprint density at radius 2 is 1.59 bits per heavy atom. The van der Waals surface area contributed by atoms with Crippen LogP contribution in [0.3, 0.4) is 0 Å². The zero-order chi connectivity index (χ0) is 20.5. The van der Waals surface area contributed by atoms with Gasteiger partial charge in [0.05, 0.1) is 17.4 Å². The maximum atomic E-state index is 4.57. The molecule has 1 aliphatic rings. The van der Waals surface area contributed by atoms with E-state index in [0.717, 1.165) is 25.0 Å². The van der Waals surface area contributed by atoms with Gasteiger partial charge >= 0.3 is 0 Å². The van der Waals surface area contributed by atoms with Crippen LogP contribution in [0.2, 0.25) is 0 Å². The zero-order valence-electron chi connectivity index (χ0n) is 19.3. The molecule has 0 saturated heterocycles. The molecule has 2 aromatic carbocycles. The van der Waals surface area contributed by atoms with Crippen LogP contribution < -0.4 is 5.32 Å². The summed E-state index contributed by atoms with van der Waals surface area (Å²) >= 11 is 0. The average Bonchev–Trinajstić information content (AvgIpc) is 3.17. The molecule has 0 spiro atoms. The van der Waals surface area contributed by atoms with Crippen molar-refractivity contribution in [2.24, 2.45) is 0 Å². The highest BCUT2D eigenvalue weighted by Crippen LogP contribution is 2.22. The molecule has 3 aromatic rings. The summed E-state index contributed by atoms with van der Waals surface area (Å²) in [6, 6.07) is 17.2. The summed E-state index contributed by atoms with van der Waals surface area (Å²) in [6.07, 6.45) is 8.00. The summed E-state index contributed by atoms with van der Waals surface area (Å²) in [6.45, 7) is 6.63. The second-order valence-electron chi connectivity index (χ2n) is 7.73. The molecule has 1 aliphatic heterocycles. The molecule has 1 N–H and O–H groups in total. The molecule has 32 heavy (non-hydrogen) atoms. The van der Waals surface area contributed by atoms with Gasteiger partial charge in [0, 0.05) is 19.6 Å². The lowest BCUT2D eigenvalue weighted by Gasteiger charge is -2.26. The van der Waals surface area contributed by atoms with E-state index in [0.29, 0.717) is 0 Å². The Hall–Kier alpha value is -1.56. The molecule has 178 valence electrons. The number of rotatable bonds is 6. The summed E-state index contributed by atoms with van der Waals surface area (Å²) in [5.41, 5.74) is 6.55. The first-order valence-corrected chi connectivity index (χ1v) is 10.7. The van der Waals surface area contributed by atoms with Crippen LogP contribution in [0.25, 0.3) is 16.6 Å². The van der Waals surface area contributed by atoms with Crippen molar-refractivity contribution in [1.29, 1.82) is 0 Å². The summed E-state index contributed by atoms with van der Waals surface area (Å²) in [5.74, 6) is 0. The summed E-state index contributed by atoms with van der Waals surface area (Å²) < 4.78 is 2.30. The molecule has 0 aliphatic carbocycles. The van der Waals surface area contributed by atoms with Gasteiger partial charge in [-0.15, -0.1) is 37.2 Å². The highest BCUT2D eigenvalue weighted by Gasteiger charge is 2.12. The van der Waals surface area contributed by atoms with E-state index in [2.05, 4.69) is 81.3 Å². The number of hydrogen-bond acceptors (Lipinski definition) is 3. The van der Waals surface area contributed by atoms with Crippen LogP contribution in [0.15, 0.2) is 60.9 Å². The predicted octanol–water partition coefficient (Wildman–Crippen LogP) is 6.02. The van der Waals surface area contributed by atoms with Gasteiger partial charge in [-0.25, -0.2) is 4.98 Å². The van der Waals surface area contributed by atoms with Crippen LogP contribution in [-0.4, -0.2) is 48.2 Å². The largest absolute Gasteiger partial charge is 0.331 e. The predicted molar refractivity (Wildman–Crippen MR) is 146 cm³/mol. The molecular formula is C25H37Cl3N4. The molecular weight excluding hydrogens is 463 g/mol. The first-order valence-electron chi connectivity index (χ1n) is 10.7. The number of nitrogens with one attached hydrogen (secondary N) is 1. The third-order valence-electron chi connectivity index (χ3n) is 5.41. The van der Waals surface area contributed by atoms with Crippen LogP contribution in [-0.2, 0) is 6.54 Å². The number of hydrogen-bond donors (Lipinski definition) is 1. The van der Waals surface area contributed by atoms with Crippen LogP contribution >= 0.6 is 37.2 Å². The number of benzene rings is 2. The molecule has 0 bridgehead atoms. The first kappa shape index (κ1) is 30.4. The van der Waals surface area contributed by atoms with Gasteiger partial charge in [0.15, 0.2) is 0 Å². The number of para-hydroxylation sites is 1. The van der Waals surface area contributed by atoms with Crippen molar-refractivity contribution in [2.45, 2.75) is 32.7 Å². The highest BCUT2D eigenvalue weighted by atomic mass is 35.5. The van der Waals surface area contributed by atoms with Crippen molar-refractivity contribution in [3.05, 3.63) is 72.1 Å². The summed E-state index contributed by atoms with van der Waals surface area (Å²) in [5, 5.41) is 2.75. The van der Waals surface area contributed by atoms with E-state index in [4.69, 9.17) is 0 Å². The Morgan fingerprint density at radius 3 is 2.25 bits per heavy atom. The molecule has 0 fully saturated rings. The van der Waals surface area contributed by atoms with Crippen LogP contribution in [0.4, 0.5) is 0 Å². The third-order valence-corrected chi connectivity index (χ3v) is 5.41. The molecule has 0 amide bonds. The van der Waals surface area contributed by atoms with Crippen molar-refractivity contribution < 1.29 is 0 Å². The number of nitrogens with zero attached hydrogens (tertiary/aromatic N) is 3. The van der Waals surface area contributed by atoms with E-state index in [9.17, 15) is 0 Å². The van der Waals surface area contributed by atoms with E-state index in [-0.39, 0.29) is 37.2 Å². The van der Waals surface area contributed by atoms with E-state index in [1.165, 1.54) is 48.1 Å². The molecule has 0 saturated carbocycles. The van der Waals surface area contributed by atoms with Gasteiger partial charge in [-0.05, 0) is 69.6 Å². The van der Waals surface area contributed by atoms with Gasteiger partial charge in [-0.1, -0.05) is 48.5 Å². The Morgan fingerprint density at radius 1 is 0.906 bits per heavy atom. The number of halogens is 3. The Kier molecular flexibility index (Phi) is 15.3. The van der Waals surface area contributed by atoms with Crippen LogP contribution in [0, 0.1) is 6.92 Å². The molecule has 0 radical (unpaired) electrons. The van der Waals surface area contributed by atoms with Crippen molar-refractivity contribution >= 4 is 53.8 Å². The van der Waals surface area contributed by atoms with Crippen LogP contribution in [0.1, 0.15) is 30.4 Å². The number of imidazole rings is 1. The second-order valence-corrected chi connectivity index (χ2v) is 7.73. The van der Waals surface area contributed by atoms with Crippen molar-refractivity contribution in [1.82, 2.24) is 19.8 Å². The summed E-state index contributed by atoms with van der Waals surface area (Å²) in [4.78, 5) is 7.14. The number of unbranched alkanes of at least 4 members (excludes halogenated alkanes) is 1. The molecule has 7 heteroatoms. The lowest BCUT2D eigenvalue weighted by molar-refractivity contribution is 0.293. The topological polar surface area (TPSA) is 33.1 Å². The first-order chi connectivity index (χ1) is 14.2. The van der Waals surface area contributed by atoms with Crippen molar-refractivity contribution in [3.8, 4) is 0 Å². The maximum Gasteiger partial charge on any atom is 0.0958 e. The van der Waals surface area contributed by atoms with E-state index >= 15 is 0 Å². The molecule has 2 heterocycles. The number of fused-ring (bicyclic) bond motifs is 1. The fourth-order valence-electron chi connectivity index (χ4n) is 3.86. The molecule has 4 rings (SSSR count). The van der Waals surface area contributed by atoms with Crippen LogP contribution in [0.5, 0.6) is 0 Å². The normalized spacial score (nSPS) is 13.0. The van der Waals surface area contributed by atoms with Gasteiger partial charge in [-0.2, -0.15) is 0 Å². The van der Waals surface area contributed by atoms with E-state index in [1.807, 2.05) is 20.4 Å². The Balaban J connectivity index is 0.00000152. The molecule has 0 unspecified atom stereocenters. The van der Waals surface area contributed by atoms with Gasteiger partial charge in [0.2, 0.25) is 0 Å². The smallest absolute Gasteiger partial charge is 0.0958 e. The van der Waals surface area contributed by atoms with Gasteiger partial charge < -0.3 is 9.88 Å². The second kappa shape index (κ2) is 16.1. The number of aryl methyl sites for hydroxylation is 2. The molecule has 4 nitrogen and oxygen atoms in total. The van der Waals surface area contributed by atoms with E-state index < -0.39 is 0 Å². The Bertz CT molecular complexity index is 925. The fraction of sp³-hybridized carbons (Fsp3) is 0.400. The minimum atomic E-state index is 0. The minimum Gasteiger partial charge on any atom is -0.331 e. The number of aromatic nitrogens is 2. The van der Waals surface area contributed by atoms with Crippen molar-refractivity contribution in [3.63, 3.8) is 0 Å². The maximum absolute atomic E-state index is 4.57. The molecule has 1 aromatic heterocycles. The fourth-order valence-corrected chi connectivity index (χ4v) is 3.86. The summed E-state index contributed by atoms with van der Waals surface area (Å²) in [7, 11) is 3.75. The standard InChI is InChI=1S/C23H27N3.C2H7N.3ClH/c1-19-8-7-11-22-23(19)24-18-26(22)15-6-5-14-25-16-12-21(13-17-25)20-9-3-2-4-10-20;1-3-2;;;/h2-4,7-12,18H,5-6,13-17H2,1H3;3H,1-2H3;3*1H. The van der Waals surface area contributed by atoms with E-state index in [1.54, 1.807) is 0 Å². The molecule has 0 atom stereocenters. The van der Waals surface area contributed by atoms with Crippen molar-refractivity contribution in [2.75, 3.05) is 33.7 Å². The SMILES string of the molecule is CNC.Cc1cccc2c1ncn2CCCCN1CC=C(c2ccccc2)CC1.Cl.Cl.Cl. The Labute approximate surface area is 211 Å². The van der Waals surface area contributed by atoms with Gasteiger partial charge in [0.25, 0.3) is 0 Å².